The van der Waals surface area contributed by atoms with E-state index < -0.39 is 5.97 Å². The van der Waals surface area contributed by atoms with Crippen LogP contribution < -0.4 is 11.1 Å². The van der Waals surface area contributed by atoms with E-state index in [0.29, 0.717) is 11.3 Å². The molecule has 0 heterocycles. The summed E-state index contributed by atoms with van der Waals surface area (Å²) in [5.74, 6) is -1.37. The first kappa shape index (κ1) is 15.1. The zero-order chi connectivity index (χ0) is 15.6. The van der Waals surface area contributed by atoms with Gasteiger partial charge in [-0.05, 0) is 42.8 Å². The number of aromatic carboxylic acids is 1. The summed E-state index contributed by atoms with van der Waals surface area (Å²) < 4.78 is 0.837. The molecule has 0 saturated heterocycles. The fourth-order valence-corrected chi connectivity index (χ4v) is 2.22. The van der Waals surface area contributed by atoms with Crippen molar-refractivity contribution in [1.82, 2.24) is 0 Å². The van der Waals surface area contributed by atoms with Gasteiger partial charge in [0.05, 0.1) is 16.9 Å². The van der Waals surface area contributed by atoms with Crippen molar-refractivity contribution in [1.29, 1.82) is 0 Å². The van der Waals surface area contributed by atoms with E-state index in [0.717, 1.165) is 10.0 Å². The van der Waals surface area contributed by atoms with Crippen molar-refractivity contribution in [3.8, 4) is 0 Å². The van der Waals surface area contributed by atoms with Crippen molar-refractivity contribution in [2.24, 2.45) is 0 Å². The molecule has 4 N–H and O–H groups in total. The topological polar surface area (TPSA) is 92.4 Å². The molecule has 0 bridgehead atoms. The number of anilines is 2. The van der Waals surface area contributed by atoms with Crippen molar-refractivity contribution < 1.29 is 14.7 Å². The highest BCUT2D eigenvalue weighted by Gasteiger charge is 2.13. The van der Waals surface area contributed by atoms with Crippen molar-refractivity contribution in [3.05, 3.63) is 57.6 Å². The first-order valence-electron chi connectivity index (χ1n) is 6.09. The Morgan fingerprint density at radius 2 is 1.95 bits per heavy atom. The van der Waals surface area contributed by atoms with Crippen LogP contribution in [0.15, 0.2) is 40.9 Å². The summed E-state index contributed by atoms with van der Waals surface area (Å²) in [6, 6.07) is 9.50. The van der Waals surface area contributed by atoms with E-state index >= 15 is 0 Å². The van der Waals surface area contributed by atoms with Crippen LogP contribution in [0.3, 0.4) is 0 Å². The van der Waals surface area contributed by atoms with E-state index in [4.69, 9.17) is 10.8 Å². The molecule has 21 heavy (non-hydrogen) atoms. The summed E-state index contributed by atoms with van der Waals surface area (Å²) in [5, 5.41) is 11.6. The van der Waals surface area contributed by atoms with Crippen LogP contribution in [-0.2, 0) is 0 Å². The summed E-state index contributed by atoms with van der Waals surface area (Å²) in [6.07, 6.45) is 0. The van der Waals surface area contributed by atoms with Gasteiger partial charge in [-0.3, -0.25) is 4.79 Å². The summed E-state index contributed by atoms with van der Waals surface area (Å²) in [4.78, 5) is 23.1. The number of amides is 1. The second-order valence-electron chi connectivity index (χ2n) is 4.47. The number of carbonyl (C=O) groups is 2. The molecule has 1 amide bonds. The van der Waals surface area contributed by atoms with Crippen molar-refractivity contribution in [3.63, 3.8) is 0 Å². The Hall–Kier alpha value is -2.34. The Bertz CT molecular complexity index is 729. The minimum atomic E-state index is -1.07. The third kappa shape index (κ3) is 3.22. The van der Waals surface area contributed by atoms with Crippen LogP contribution in [0.5, 0.6) is 0 Å². The van der Waals surface area contributed by atoms with Crippen LogP contribution in [0.1, 0.15) is 26.3 Å². The molecule has 0 aromatic heterocycles. The van der Waals surface area contributed by atoms with Gasteiger partial charge in [0.2, 0.25) is 0 Å². The lowest BCUT2D eigenvalue weighted by Crippen LogP contribution is -2.15. The molecule has 0 fully saturated rings. The average molecular weight is 349 g/mol. The Morgan fingerprint density at radius 3 is 2.57 bits per heavy atom. The number of nitrogens with two attached hydrogens (primary N) is 1. The Kier molecular flexibility index (Phi) is 4.28. The van der Waals surface area contributed by atoms with Crippen molar-refractivity contribution in [2.45, 2.75) is 6.92 Å². The number of hydrogen-bond donors (Lipinski definition) is 3. The number of carbonyl (C=O) groups excluding carboxylic acids is 1. The number of halogens is 1. The van der Waals surface area contributed by atoms with Crippen molar-refractivity contribution >= 4 is 39.2 Å². The molecule has 0 radical (unpaired) electrons. The van der Waals surface area contributed by atoms with Gasteiger partial charge < -0.3 is 16.2 Å². The normalized spacial score (nSPS) is 10.2. The number of nitrogens with one attached hydrogen (secondary N) is 1. The highest BCUT2D eigenvalue weighted by atomic mass is 79.9. The lowest BCUT2D eigenvalue weighted by Gasteiger charge is -2.11. The lowest BCUT2D eigenvalue weighted by molar-refractivity contribution is 0.0697. The fraction of sp³-hybridized carbons (Fsp3) is 0.0667. The minimum Gasteiger partial charge on any atom is -0.478 e. The van der Waals surface area contributed by atoms with E-state index in [-0.39, 0.29) is 17.2 Å². The predicted molar refractivity (Wildman–Crippen MR) is 84.6 cm³/mol. The van der Waals surface area contributed by atoms with Gasteiger partial charge in [-0.25, -0.2) is 4.79 Å². The van der Waals surface area contributed by atoms with Gasteiger partial charge in [0.25, 0.3) is 5.91 Å². The van der Waals surface area contributed by atoms with E-state index in [1.54, 1.807) is 12.1 Å². The maximum Gasteiger partial charge on any atom is 0.335 e. The molecule has 0 unspecified atom stereocenters. The molecule has 0 aliphatic carbocycles. The van der Waals surface area contributed by atoms with Gasteiger partial charge in [0.15, 0.2) is 0 Å². The van der Waals surface area contributed by atoms with E-state index in [9.17, 15) is 9.59 Å². The molecule has 0 spiro atoms. The molecule has 6 heteroatoms. The zero-order valence-corrected chi connectivity index (χ0v) is 12.8. The number of carboxylic acid groups (broad SMARTS) is 1. The lowest BCUT2D eigenvalue weighted by atomic mass is 10.1. The second-order valence-corrected chi connectivity index (χ2v) is 5.33. The second kappa shape index (κ2) is 5.97. The van der Waals surface area contributed by atoms with E-state index in [1.807, 2.05) is 13.0 Å². The largest absolute Gasteiger partial charge is 0.478 e. The van der Waals surface area contributed by atoms with Gasteiger partial charge in [0, 0.05) is 10.0 Å². The zero-order valence-electron chi connectivity index (χ0n) is 11.2. The first-order valence-corrected chi connectivity index (χ1v) is 6.88. The first-order chi connectivity index (χ1) is 9.90. The van der Waals surface area contributed by atoms with Crippen molar-refractivity contribution in [2.75, 3.05) is 11.1 Å². The fourth-order valence-electron chi connectivity index (χ4n) is 1.85. The number of hydrogen-bond acceptors (Lipinski definition) is 3. The summed E-state index contributed by atoms with van der Waals surface area (Å²) >= 11 is 3.37. The molecule has 2 aromatic carbocycles. The molecule has 108 valence electrons. The van der Waals surface area contributed by atoms with Crippen LogP contribution in [0, 0.1) is 6.92 Å². The minimum absolute atomic E-state index is 0.0733. The quantitative estimate of drug-likeness (QED) is 0.742. The summed E-state index contributed by atoms with van der Waals surface area (Å²) in [6.45, 7) is 1.83. The number of carboxylic acids is 1. The maximum atomic E-state index is 12.3. The van der Waals surface area contributed by atoms with Crippen LogP contribution in [0.25, 0.3) is 0 Å². The molecular formula is C15H13BrN2O3. The smallest absolute Gasteiger partial charge is 0.335 e. The molecule has 0 saturated carbocycles. The average Bonchev–Trinajstić information content (AvgIpc) is 2.43. The summed E-state index contributed by atoms with van der Waals surface area (Å²) in [7, 11) is 0. The van der Waals surface area contributed by atoms with Crippen LogP contribution in [0.4, 0.5) is 11.4 Å². The monoisotopic (exact) mass is 348 g/mol. The maximum absolute atomic E-state index is 12.3. The van der Waals surface area contributed by atoms with Crippen LogP contribution >= 0.6 is 15.9 Å². The molecule has 5 nitrogen and oxygen atoms in total. The molecule has 2 rings (SSSR count). The van der Waals surface area contributed by atoms with E-state index in [1.165, 1.54) is 18.2 Å². The Balaban J connectivity index is 2.28. The van der Waals surface area contributed by atoms with Gasteiger partial charge in [-0.15, -0.1) is 0 Å². The molecular weight excluding hydrogens is 336 g/mol. The SMILES string of the molecule is Cc1c(Br)cccc1C(=O)Nc1ccc(C(=O)O)cc1N. The third-order valence-electron chi connectivity index (χ3n) is 3.06. The highest BCUT2D eigenvalue weighted by Crippen LogP contribution is 2.23. The Morgan fingerprint density at radius 1 is 1.24 bits per heavy atom. The van der Waals surface area contributed by atoms with Crippen LogP contribution in [0.2, 0.25) is 0 Å². The van der Waals surface area contributed by atoms with Gasteiger partial charge in [0.1, 0.15) is 0 Å². The van der Waals surface area contributed by atoms with Gasteiger partial charge in [-0.1, -0.05) is 22.0 Å². The number of nitrogen functional groups attached to an aromatic ring is 1. The Labute approximate surface area is 129 Å². The van der Waals surface area contributed by atoms with E-state index in [2.05, 4.69) is 21.2 Å². The standard InChI is InChI=1S/C15H13BrN2O3/c1-8-10(3-2-4-11(8)16)14(19)18-13-6-5-9(15(20)21)7-12(13)17/h2-7H,17H2,1H3,(H,18,19)(H,20,21). The third-order valence-corrected chi connectivity index (χ3v) is 3.92. The van der Waals surface area contributed by atoms with Gasteiger partial charge in [-0.2, -0.15) is 0 Å². The molecule has 0 atom stereocenters. The molecule has 0 aliphatic heterocycles. The number of rotatable bonds is 3. The molecule has 2 aromatic rings. The molecule has 0 aliphatic rings. The number of benzene rings is 2. The van der Waals surface area contributed by atoms with Gasteiger partial charge >= 0.3 is 5.97 Å². The van der Waals surface area contributed by atoms with Crippen LogP contribution in [-0.4, -0.2) is 17.0 Å². The predicted octanol–water partition coefficient (Wildman–Crippen LogP) is 3.29. The summed E-state index contributed by atoms with van der Waals surface area (Å²) in [5.41, 5.74) is 7.76. The highest BCUT2D eigenvalue weighted by molar-refractivity contribution is 9.10.